The highest BCUT2D eigenvalue weighted by molar-refractivity contribution is 7.80. The molecule has 11 heteroatoms. The second-order valence-electron chi connectivity index (χ2n) is 7.87. The van der Waals surface area contributed by atoms with Crippen LogP contribution in [0.4, 0.5) is 18.9 Å². The zero-order chi connectivity index (χ0) is 25.0. The van der Waals surface area contributed by atoms with Crippen molar-refractivity contribution >= 4 is 40.4 Å². The van der Waals surface area contributed by atoms with Gasteiger partial charge in [-0.2, -0.15) is 13.2 Å². The largest absolute Gasteiger partial charge is 0.493 e. The summed E-state index contributed by atoms with van der Waals surface area (Å²) in [6, 6.07) is 7.60. The molecular formula is C23H24ClF3N2O4S. The van der Waals surface area contributed by atoms with E-state index in [1.807, 2.05) is 18.7 Å². The lowest BCUT2D eigenvalue weighted by Gasteiger charge is -2.37. The molecule has 0 radical (unpaired) electrons. The number of alkyl halides is 3. The minimum atomic E-state index is -4.52. The van der Waals surface area contributed by atoms with E-state index in [2.05, 4.69) is 5.32 Å². The molecule has 1 aliphatic heterocycles. The summed E-state index contributed by atoms with van der Waals surface area (Å²) in [6.45, 7) is 4.73. The first-order chi connectivity index (χ1) is 16.0. The predicted octanol–water partition coefficient (Wildman–Crippen LogP) is 5.17. The van der Waals surface area contributed by atoms with Crippen molar-refractivity contribution in [2.45, 2.75) is 32.2 Å². The molecule has 0 unspecified atom stereocenters. The number of benzene rings is 2. The third-order valence-corrected chi connectivity index (χ3v) is 5.78. The van der Waals surface area contributed by atoms with Gasteiger partial charge in [0.2, 0.25) is 0 Å². The molecule has 0 bridgehead atoms. The van der Waals surface area contributed by atoms with Gasteiger partial charge in [-0.25, -0.2) is 0 Å². The third-order valence-electron chi connectivity index (χ3n) is 5.00. The molecule has 0 spiro atoms. The number of anilines is 1. The summed E-state index contributed by atoms with van der Waals surface area (Å²) in [7, 11) is 1.42. The van der Waals surface area contributed by atoms with Gasteiger partial charge in [0.05, 0.1) is 29.9 Å². The number of morpholine rings is 1. The molecule has 184 valence electrons. The van der Waals surface area contributed by atoms with Gasteiger partial charge in [0.1, 0.15) is 4.99 Å². The van der Waals surface area contributed by atoms with E-state index < -0.39 is 24.3 Å². The molecule has 1 aliphatic rings. The van der Waals surface area contributed by atoms with Crippen LogP contribution in [0.15, 0.2) is 36.4 Å². The Hall–Kier alpha value is -2.56. The van der Waals surface area contributed by atoms with Crippen molar-refractivity contribution in [1.29, 1.82) is 0 Å². The monoisotopic (exact) mass is 516 g/mol. The maximum atomic E-state index is 12.9. The molecule has 1 heterocycles. The number of hydrogen-bond acceptors (Lipinski definition) is 5. The van der Waals surface area contributed by atoms with Crippen LogP contribution in [-0.4, -0.2) is 54.8 Å². The summed E-state index contributed by atoms with van der Waals surface area (Å²) in [5.74, 6) is -0.266. The van der Waals surface area contributed by atoms with Crippen LogP contribution in [0.2, 0.25) is 5.02 Å². The van der Waals surface area contributed by atoms with E-state index >= 15 is 0 Å². The summed E-state index contributed by atoms with van der Waals surface area (Å²) in [5, 5.41) is 2.55. The number of nitrogens with one attached hydrogen (secondary N) is 1. The maximum Gasteiger partial charge on any atom is 0.416 e. The topological polar surface area (TPSA) is 60.0 Å². The van der Waals surface area contributed by atoms with Gasteiger partial charge in [0.15, 0.2) is 18.1 Å². The first-order valence-corrected chi connectivity index (χ1v) is 11.2. The fourth-order valence-electron chi connectivity index (χ4n) is 3.62. The summed E-state index contributed by atoms with van der Waals surface area (Å²) in [6.07, 6.45) is -4.47. The Balaban J connectivity index is 1.69. The van der Waals surface area contributed by atoms with Gasteiger partial charge in [0.25, 0.3) is 5.91 Å². The van der Waals surface area contributed by atoms with E-state index in [-0.39, 0.29) is 34.4 Å². The van der Waals surface area contributed by atoms with E-state index in [0.29, 0.717) is 23.6 Å². The van der Waals surface area contributed by atoms with Crippen LogP contribution in [0.1, 0.15) is 25.0 Å². The zero-order valence-corrected chi connectivity index (χ0v) is 20.3. The number of ether oxygens (including phenoxy) is 3. The van der Waals surface area contributed by atoms with Crippen molar-refractivity contribution in [1.82, 2.24) is 4.90 Å². The molecule has 1 fully saturated rings. The number of carbonyl (C=O) groups is 1. The number of rotatable bonds is 6. The normalized spacial score (nSPS) is 18.4. The highest BCUT2D eigenvalue weighted by atomic mass is 35.5. The third kappa shape index (κ3) is 6.52. The van der Waals surface area contributed by atoms with Crippen molar-refractivity contribution < 1.29 is 32.2 Å². The number of thiocarbonyl (C=S) groups is 1. The minimum absolute atomic E-state index is 0.00356. The van der Waals surface area contributed by atoms with Gasteiger partial charge in [-0.15, -0.1) is 0 Å². The first-order valence-electron chi connectivity index (χ1n) is 10.4. The number of hydrogen-bond donors (Lipinski definition) is 1. The highest BCUT2D eigenvalue weighted by Gasteiger charge is 2.30. The molecule has 34 heavy (non-hydrogen) atoms. The highest BCUT2D eigenvalue weighted by Crippen LogP contribution is 2.37. The Morgan fingerprint density at radius 1 is 1.24 bits per heavy atom. The van der Waals surface area contributed by atoms with Gasteiger partial charge in [-0.3, -0.25) is 4.79 Å². The lowest BCUT2D eigenvalue weighted by Crippen LogP contribution is -2.47. The Labute approximate surface area is 205 Å². The molecule has 3 rings (SSSR count). The average Bonchev–Trinajstić information content (AvgIpc) is 2.76. The van der Waals surface area contributed by atoms with E-state index in [9.17, 15) is 18.0 Å². The lowest BCUT2D eigenvalue weighted by atomic mass is 10.1. The Bertz CT molecular complexity index is 1060. The molecule has 2 aromatic rings. The van der Waals surface area contributed by atoms with Crippen molar-refractivity contribution in [2.75, 3.05) is 32.1 Å². The van der Waals surface area contributed by atoms with Crippen LogP contribution in [0.25, 0.3) is 0 Å². The minimum Gasteiger partial charge on any atom is -0.493 e. The van der Waals surface area contributed by atoms with Crippen molar-refractivity contribution in [3.05, 3.63) is 52.5 Å². The molecule has 1 N–H and O–H groups in total. The van der Waals surface area contributed by atoms with E-state index in [4.69, 9.17) is 38.0 Å². The van der Waals surface area contributed by atoms with Gasteiger partial charge in [-0.05, 0) is 44.2 Å². The predicted molar refractivity (Wildman–Crippen MR) is 127 cm³/mol. The van der Waals surface area contributed by atoms with E-state index in [0.717, 1.165) is 12.1 Å². The van der Waals surface area contributed by atoms with Crippen LogP contribution < -0.4 is 14.8 Å². The number of amides is 1. The summed E-state index contributed by atoms with van der Waals surface area (Å²) >= 11 is 12.0. The average molecular weight is 517 g/mol. The Kier molecular flexibility index (Phi) is 8.27. The second kappa shape index (κ2) is 10.8. The first kappa shape index (κ1) is 26.1. The number of halogens is 4. The standard InChI is InChI=1S/C23H24ClF3N2O4S/c1-13-10-29(11-14(2)33-13)22(34)15-7-18(24)21(19(8-15)31-3)32-12-20(30)28-17-6-4-5-16(9-17)23(25,26)27/h4-9,13-14H,10-12H2,1-3H3,(H,28,30)/t13-,14-/m1/s1. The van der Waals surface area contributed by atoms with Crippen molar-refractivity contribution in [2.24, 2.45) is 0 Å². The fraction of sp³-hybridized carbons (Fsp3) is 0.391. The molecule has 0 aliphatic carbocycles. The molecule has 2 aromatic carbocycles. The van der Waals surface area contributed by atoms with Crippen LogP contribution in [-0.2, 0) is 15.7 Å². The molecule has 0 aromatic heterocycles. The summed E-state index contributed by atoms with van der Waals surface area (Å²) in [4.78, 5) is 14.9. The Morgan fingerprint density at radius 3 is 2.53 bits per heavy atom. The molecular weight excluding hydrogens is 493 g/mol. The van der Waals surface area contributed by atoms with Crippen LogP contribution in [0.5, 0.6) is 11.5 Å². The fourth-order valence-corrected chi connectivity index (χ4v) is 4.15. The van der Waals surface area contributed by atoms with Gasteiger partial charge >= 0.3 is 6.18 Å². The number of methoxy groups -OCH3 is 1. The van der Waals surface area contributed by atoms with Gasteiger partial charge in [0, 0.05) is 24.3 Å². The van der Waals surface area contributed by atoms with Gasteiger partial charge < -0.3 is 24.4 Å². The van der Waals surface area contributed by atoms with E-state index in [1.54, 1.807) is 12.1 Å². The smallest absolute Gasteiger partial charge is 0.416 e. The van der Waals surface area contributed by atoms with Crippen LogP contribution in [0.3, 0.4) is 0 Å². The van der Waals surface area contributed by atoms with Crippen molar-refractivity contribution in [3.8, 4) is 11.5 Å². The van der Waals surface area contributed by atoms with Gasteiger partial charge in [-0.1, -0.05) is 29.9 Å². The molecule has 1 saturated heterocycles. The molecule has 6 nitrogen and oxygen atoms in total. The molecule has 0 saturated carbocycles. The maximum absolute atomic E-state index is 12.9. The lowest BCUT2D eigenvalue weighted by molar-refractivity contribution is -0.137. The van der Waals surface area contributed by atoms with Crippen LogP contribution >= 0.6 is 23.8 Å². The number of nitrogens with zero attached hydrogens (tertiary/aromatic N) is 1. The number of carbonyl (C=O) groups excluding carboxylic acids is 1. The zero-order valence-electron chi connectivity index (χ0n) is 18.7. The molecule has 2 atom stereocenters. The quantitative estimate of drug-likeness (QED) is 0.535. The second-order valence-corrected chi connectivity index (χ2v) is 8.67. The SMILES string of the molecule is COc1cc(C(=S)N2C[C@@H](C)O[C@H](C)C2)cc(Cl)c1OCC(=O)Nc1cccc(C(F)(F)F)c1. The van der Waals surface area contributed by atoms with Crippen LogP contribution in [0, 0.1) is 0 Å². The Morgan fingerprint density at radius 2 is 1.91 bits per heavy atom. The molecule has 1 amide bonds. The van der Waals surface area contributed by atoms with E-state index in [1.165, 1.54) is 19.2 Å². The van der Waals surface area contributed by atoms with Crippen molar-refractivity contribution in [3.63, 3.8) is 0 Å². The summed E-state index contributed by atoms with van der Waals surface area (Å²) in [5.41, 5.74) is -0.221. The summed E-state index contributed by atoms with van der Waals surface area (Å²) < 4.78 is 55.3.